The Balaban J connectivity index is 1.99. The molecule has 0 aliphatic rings. The van der Waals surface area contributed by atoms with E-state index < -0.39 is 16.6 Å². The summed E-state index contributed by atoms with van der Waals surface area (Å²) in [6, 6.07) is 12.4. The van der Waals surface area contributed by atoms with E-state index in [1.165, 1.54) is 22.7 Å². The second-order valence-corrected chi connectivity index (χ2v) is 11.0. The van der Waals surface area contributed by atoms with Crippen molar-refractivity contribution in [3.63, 3.8) is 0 Å². The van der Waals surface area contributed by atoms with E-state index in [1.54, 1.807) is 0 Å². The molecule has 170 valence electrons. The van der Waals surface area contributed by atoms with Crippen molar-refractivity contribution >= 4 is 50.2 Å². The maximum Gasteiger partial charge on any atom is 0.307 e. The Morgan fingerprint density at radius 1 is 1.12 bits per heavy atom. The molecular formula is C24H28BrN3O3S. The summed E-state index contributed by atoms with van der Waals surface area (Å²) in [5.41, 5.74) is 2.18. The molecule has 0 saturated carbocycles. The van der Waals surface area contributed by atoms with Crippen molar-refractivity contribution in [1.29, 1.82) is 0 Å². The quantitative estimate of drug-likeness (QED) is 0.354. The maximum atomic E-state index is 13.1. The molecule has 0 aliphatic heterocycles. The molecule has 0 spiro atoms. The Hall–Kier alpha value is -2.19. The Morgan fingerprint density at radius 2 is 1.78 bits per heavy atom. The van der Waals surface area contributed by atoms with Crippen LogP contribution >= 0.6 is 27.7 Å². The first-order valence-electron chi connectivity index (χ1n) is 10.6. The number of thioether (sulfide) groups is 1. The second kappa shape index (κ2) is 9.75. The minimum atomic E-state index is -0.942. The first-order valence-corrected chi connectivity index (χ1v) is 12.2. The zero-order valence-electron chi connectivity index (χ0n) is 18.9. The van der Waals surface area contributed by atoms with Gasteiger partial charge in [-0.3, -0.25) is 14.2 Å². The predicted octanol–water partition coefficient (Wildman–Crippen LogP) is 5.93. The van der Waals surface area contributed by atoms with Gasteiger partial charge in [0.15, 0.2) is 5.16 Å². The number of hydrogen-bond acceptors (Lipinski definition) is 5. The molecule has 1 N–H and O–H groups in total. The number of aryl methyl sites for hydroxylation is 1. The number of hydrogen-bond donors (Lipinski definition) is 1. The molecule has 0 bridgehead atoms. The first-order chi connectivity index (χ1) is 15.1. The fraction of sp³-hybridized carbons (Fsp3) is 0.417. The fourth-order valence-electron chi connectivity index (χ4n) is 3.71. The van der Waals surface area contributed by atoms with Crippen molar-refractivity contribution in [1.82, 2.24) is 14.8 Å². The van der Waals surface area contributed by atoms with Gasteiger partial charge in [-0.25, -0.2) is 0 Å². The van der Waals surface area contributed by atoms with E-state index >= 15 is 0 Å². The van der Waals surface area contributed by atoms with Gasteiger partial charge in [-0.2, -0.15) is 0 Å². The zero-order valence-corrected chi connectivity index (χ0v) is 21.3. The van der Waals surface area contributed by atoms with Gasteiger partial charge in [0.2, 0.25) is 4.73 Å². The van der Waals surface area contributed by atoms with Crippen LogP contribution in [0.25, 0.3) is 16.5 Å². The number of carboxylic acids is 1. The summed E-state index contributed by atoms with van der Waals surface area (Å²) in [6.45, 7) is 9.40. The molecule has 8 heteroatoms. The lowest BCUT2D eigenvalue weighted by molar-refractivity contribution is -0.145. The van der Waals surface area contributed by atoms with Gasteiger partial charge in [0.1, 0.15) is 5.78 Å². The lowest BCUT2D eigenvalue weighted by Gasteiger charge is -2.25. The highest BCUT2D eigenvalue weighted by atomic mass is 79.9. The summed E-state index contributed by atoms with van der Waals surface area (Å²) >= 11 is 4.81. The number of aromatic nitrogens is 3. The number of nitrogens with zero attached hydrogens (tertiary/aromatic N) is 3. The summed E-state index contributed by atoms with van der Waals surface area (Å²) in [7, 11) is 0. The highest BCUT2D eigenvalue weighted by Gasteiger charge is 2.36. The molecule has 1 heterocycles. The van der Waals surface area contributed by atoms with Crippen molar-refractivity contribution in [3.05, 3.63) is 46.7 Å². The molecule has 0 saturated heterocycles. The van der Waals surface area contributed by atoms with Crippen LogP contribution in [0.5, 0.6) is 0 Å². The Labute approximate surface area is 200 Å². The van der Waals surface area contributed by atoms with E-state index in [0.29, 0.717) is 9.89 Å². The van der Waals surface area contributed by atoms with Gasteiger partial charge in [-0.1, -0.05) is 62.9 Å². The van der Waals surface area contributed by atoms with Crippen molar-refractivity contribution in [2.45, 2.75) is 57.4 Å². The molecule has 1 unspecified atom stereocenters. The highest BCUT2D eigenvalue weighted by Crippen LogP contribution is 2.38. The third kappa shape index (κ3) is 4.91. The fourth-order valence-corrected chi connectivity index (χ4v) is 5.28. The van der Waals surface area contributed by atoms with Crippen molar-refractivity contribution in [2.24, 2.45) is 11.8 Å². The largest absolute Gasteiger partial charge is 0.481 e. The van der Waals surface area contributed by atoms with Gasteiger partial charge in [0.05, 0.1) is 16.4 Å². The van der Waals surface area contributed by atoms with Crippen LogP contribution in [0.2, 0.25) is 0 Å². The van der Waals surface area contributed by atoms with E-state index in [-0.39, 0.29) is 18.1 Å². The molecule has 0 fully saturated rings. The van der Waals surface area contributed by atoms with Crippen LogP contribution < -0.4 is 0 Å². The molecule has 2 aromatic carbocycles. The van der Waals surface area contributed by atoms with Crippen LogP contribution in [0.3, 0.4) is 0 Å². The summed E-state index contributed by atoms with van der Waals surface area (Å²) in [5, 5.41) is 20.8. The maximum absolute atomic E-state index is 13.1. The average molecular weight is 518 g/mol. The summed E-state index contributed by atoms with van der Waals surface area (Å²) in [6.07, 6.45) is 0.907. The Kier molecular flexibility index (Phi) is 7.45. The lowest BCUT2D eigenvalue weighted by atomic mass is 9.88. The van der Waals surface area contributed by atoms with Crippen LogP contribution in [-0.4, -0.2) is 36.4 Å². The Morgan fingerprint density at radius 3 is 2.38 bits per heavy atom. The van der Waals surface area contributed by atoms with E-state index in [9.17, 15) is 14.7 Å². The molecule has 3 aromatic rings. The second-order valence-electron chi connectivity index (χ2n) is 8.66. The average Bonchev–Trinajstić information content (AvgIpc) is 3.09. The van der Waals surface area contributed by atoms with Crippen LogP contribution in [0, 0.1) is 11.8 Å². The van der Waals surface area contributed by atoms with E-state index in [4.69, 9.17) is 0 Å². The van der Waals surface area contributed by atoms with Gasteiger partial charge in [-0.05, 0) is 59.1 Å². The van der Waals surface area contributed by atoms with Crippen LogP contribution in [0.4, 0.5) is 0 Å². The number of fused-ring (bicyclic) bond motifs is 1. The summed E-state index contributed by atoms with van der Waals surface area (Å²) in [4.78, 5) is 24.7. The smallest absolute Gasteiger partial charge is 0.307 e. The van der Waals surface area contributed by atoms with Gasteiger partial charge in [0, 0.05) is 11.8 Å². The number of Topliss-reactive ketones (excluding diaryl/α,β-unsaturated/α-hetero) is 1. The SMILES string of the molecule is CCc1ccc(-n2c(Br)nnc2SC(C)(C)C(=O)CC(C(=O)O)C(C)C)c2ccccc12. The van der Waals surface area contributed by atoms with Gasteiger partial charge in [-0.15, -0.1) is 10.2 Å². The van der Waals surface area contributed by atoms with Crippen LogP contribution in [0.1, 0.15) is 46.6 Å². The standard InChI is InChI=1S/C24H28BrN3O3S/c1-6-15-11-12-19(17-10-8-7-9-16(15)17)28-22(25)26-27-23(28)32-24(4,5)20(29)13-18(14(2)3)21(30)31/h7-12,14,18H,6,13H2,1-5H3,(H,30,31). The molecule has 0 radical (unpaired) electrons. The molecular weight excluding hydrogens is 490 g/mol. The lowest BCUT2D eigenvalue weighted by Crippen LogP contribution is -2.33. The molecule has 6 nitrogen and oxygen atoms in total. The van der Waals surface area contributed by atoms with Crippen molar-refractivity contribution in [2.75, 3.05) is 0 Å². The number of aliphatic carboxylic acids is 1. The molecule has 0 amide bonds. The first kappa shape index (κ1) is 24.5. The third-order valence-electron chi connectivity index (χ3n) is 5.75. The van der Waals surface area contributed by atoms with E-state index in [1.807, 2.05) is 50.5 Å². The topological polar surface area (TPSA) is 85.1 Å². The number of halogens is 1. The zero-order chi connectivity index (χ0) is 23.6. The van der Waals surface area contributed by atoms with Crippen molar-refractivity contribution < 1.29 is 14.7 Å². The van der Waals surface area contributed by atoms with E-state index in [2.05, 4.69) is 51.3 Å². The third-order valence-corrected chi connectivity index (χ3v) is 7.45. The number of carbonyl (C=O) groups is 2. The van der Waals surface area contributed by atoms with Gasteiger partial charge in [0.25, 0.3) is 0 Å². The summed E-state index contributed by atoms with van der Waals surface area (Å²) in [5.74, 6) is -1.90. The number of benzene rings is 2. The van der Waals surface area contributed by atoms with Crippen LogP contribution in [-0.2, 0) is 16.0 Å². The number of carbonyl (C=O) groups excluding carboxylic acids is 1. The van der Waals surface area contributed by atoms with Gasteiger partial charge < -0.3 is 5.11 Å². The van der Waals surface area contributed by atoms with Crippen molar-refractivity contribution in [3.8, 4) is 5.69 Å². The monoisotopic (exact) mass is 517 g/mol. The van der Waals surface area contributed by atoms with Crippen LogP contribution in [0.15, 0.2) is 46.3 Å². The van der Waals surface area contributed by atoms with Gasteiger partial charge >= 0.3 is 5.97 Å². The predicted molar refractivity (Wildman–Crippen MR) is 131 cm³/mol. The molecule has 0 aliphatic carbocycles. The normalized spacial score (nSPS) is 13.0. The Bertz CT molecular complexity index is 1160. The van der Waals surface area contributed by atoms with E-state index in [0.717, 1.165) is 17.5 Å². The molecule has 1 atom stereocenters. The minimum absolute atomic E-state index is 0.0174. The number of rotatable bonds is 9. The highest BCUT2D eigenvalue weighted by molar-refractivity contribution is 9.10. The molecule has 1 aromatic heterocycles. The number of ketones is 1. The summed E-state index contributed by atoms with van der Waals surface area (Å²) < 4.78 is 1.58. The molecule has 32 heavy (non-hydrogen) atoms. The minimum Gasteiger partial charge on any atom is -0.481 e. The molecule has 3 rings (SSSR count). The number of carboxylic acid groups (broad SMARTS) is 1.